The minimum Gasteiger partial charge on any atom is -0.334 e. The first-order valence-electron chi connectivity index (χ1n) is 3.32. The van der Waals surface area contributed by atoms with Crippen molar-refractivity contribution in [1.82, 2.24) is 0 Å². The van der Waals surface area contributed by atoms with Crippen molar-refractivity contribution in [3.63, 3.8) is 0 Å². The van der Waals surface area contributed by atoms with Gasteiger partial charge in [-0.1, -0.05) is 6.92 Å². The average molecular weight is 148 g/mol. The normalized spacial score (nSPS) is 36.7. The monoisotopic (exact) mass is 148 g/mol. The van der Waals surface area contributed by atoms with Gasteiger partial charge < -0.3 is 9.05 Å². The van der Waals surface area contributed by atoms with Gasteiger partial charge >= 0.3 is 0 Å². The molecule has 0 aromatic carbocycles. The Morgan fingerprint density at radius 1 is 1.44 bits per heavy atom. The second-order valence-electron chi connectivity index (χ2n) is 2.31. The van der Waals surface area contributed by atoms with Crippen LogP contribution in [0, 0.1) is 5.92 Å². The van der Waals surface area contributed by atoms with E-state index >= 15 is 0 Å². The molecule has 0 bridgehead atoms. The van der Waals surface area contributed by atoms with E-state index in [1.165, 1.54) is 6.42 Å². The second kappa shape index (κ2) is 3.50. The first-order valence-corrected chi connectivity index (χ1v) is 4.95. The van der Waals surface area contributed by atoms with Gasteiger partial charge in [0.15, 0.2) is 8.38 Å². The maximum atomic E-state index is 5.32. The summed E-state index contributed by atoms with van der Waals surface area (Å²) in [6, 6.07) is 0. The maximum absolute atomic E-state index is 5.32. The average Bonchev–Trinajstić information content (AvgIpc) is 1.90. The van der Waals surface area contributed by atoms with Gasteiger partial charge in [-0.2, -0.15) is 0 Å². The van der Waals surface area contributed by atoms with Crippen LogP contribution in [0.15, 0.2) is 0 Å². The Labute approximate surface area is 57.5 Å². The van der Waals surface area contributed by atoms with Gasteiger partial charge in [0.25, 0.3) is 0 Å². The summed E-state index contributed by atoms with van der Waals surface area (Å²) in [7, 11) is -0.524. The molecule has 2 nitrogen and oxygen atoms in total. The molecule has 0 atom stereocenters. The van der Waals surface area contributed by atoms with Gasteiger partial charge in [0, 0.05) is 12.6 Å². The van der Waals surface area contributed by atoms with Crippen molar-refractivity contribution in [2.75, 3.05) is 19.9 Å². The summed E-state index contributed by atoms with van der Waals surface area (Å²) in [5.41, 5.74) is 0. The molecule has 0 aromatic heterocycles. The van der Waals surface area contributed by atoms with Crippen molar-refractivity contribution < 1.29 is 9.05 Å². The highest BCUT2D eigenvalue weighted by atomic mass is 31.2. The zero-order chi connectivity index (χ0) is 6.69. The van der Waals surface area contributed by atoms with Crippen LogP contribution >= 0.6 is 8.38 Å². The zero-order valence-electron chi connectivity index (χ0n) is 5.96. The fourth-order valence-electron chi connectivity index (χ4n) is 0.742. The Kier molecular flexibility index (Phi) is 2.90. The Balaban J connectivity index is 2.18. The lowest BCUT2D eigenvalue weighted by Gasteiger charge is -2.25. The molecule has 0 spiro atoms. The van der Waals surface area contributed by atoms with Crippen LogP contribution in [-0.2, 0) is 9.05 Å². The Hall–Kier alpha value is 0.350. The van der Waals surface area contributed by atoms with Crippen molar-refractivity contribution in [1.29, 1.82) is 0 Å². The molecule has 0 amide bonds. The van der Waals surface area contributed by atoms with Crippen LogP contribution in [0.2, 0.25) is 0 Å². The molecule has 1 saturated heterocycles. The van der Waals surface area contributed by atoms with Crippen LogP contribution in [0.25, 0.3) is 0 Å². The number of hydrogen-bond acceptors (Lipinski definition) is 2. The van der Waals surface area contributed by atoms with E-state index in [-0.39, 0.29) is 0 Å². The van der Waals surface area contributed by atoms with Gasteiger partial charge in [-0.25, -0.2) is 0 Å². The van der Waals surface area contributed by atoms with Crippen molar-refractivity contribution in [2.45, 2.75) is 13.3 Å². The smallest absolute Gasteiger partial charge is 0.167 e. The topological polar surface area (TPSA) is 18.5 Å². The molecule has 0 radical (unpaired) electrons. The quantitative estimate of drug-likeness (QED) is 0.529. The highest BCUT2D eigenvalue weighted by Gasteiger charge is 2.17. The summed E-state index contributed by atoms with van der Waals surface area (Å²) in [5.74, 6) is 0.642. The summed E-state index contributed by atoms with van der Waals surface area (Å²) in [4.78, 5) is 0. The van der Waals surface area contributed by atoms with Gasteiger partial charge in [-0.15, -0.1) is 0 Å². The first kappa shape index (κ1) is 7.46. The molecule has 1 rings (SSSR count). The number of hydrogen-bond donors (Lipinski definition) is 0. The van der Waals surface area contributed by atoms with Crippen molar-refractivity contribution in [2.24, 2.45) is 5.92 Å². The molecule has 0 aliphatic carbocycles. The van der Waals surface area contributed by atoms with E-state index in [4.69, 9.17) is 9.05 Å². The van der Waals surface area contributed by atoms with Gasteiger partial charge in [0.2, 0.25) is 0 Å². The zero-order valence-corrected chi connectivity index (χ0v) is 6.86. The largest absolute Gasteiger partial charge is 0.334 e. The summed E-state index contributed by atoms with van der Waals surface area (Å²) < 4.78 is 10.6. The van der Waals surface area contributed by atoms with E-state index in [2.05, 4.69) is 6.92 Å². The Morgan fingerprint density at radius 3 is 2.44 bits per heavy atom. The van der Waals surface area contributed by atoms with Crippen molar-refractivity contribution in [3.05, 3.63) is 0 Å². The van der Waals surface area contributed by atoms with E-state index in [0.29, 0.717) is 5.92 Å². The van der Waals surface area contributed by atoms with Crippen molar-refractivity contribution in [3.8, 4) is 0 Å². The molecule has 0 unspecified atom stereocenters. The molecule has 54 valence electrons. The minimum absolute atomic E-state index is 0.524. The van der Waals surface area contributed by atoms with E-state index in [0.717, 1.165) is 13.2 Å². The first-order chi connectivity index (χ1) is 4.33. The van der Waals surface area contributed by atoms with E-state index in [1.807, 2.05) is 6.66 Å². The maximum Gasteiger partial charge on any atom is 0.167 e. The fraction of sp³-hybridized carbons (Fsp3) is 1.00. The second-order valence-corrected chi connectivity index (χ2v) is 3.70. The SMILES string of the molecule is CCC1COP(C)OC1. The van der Waals surface area contributed by atoms with E-state index in [9.17, 15) is 0 Å². The van der Waals surface area contributed by atoms with E-state index in [1.54, 1.807) is 0 Å². The molecule has 0 N–H and O–H groups in total. The van der Waals surface area contributed by atoms with Crippen molar-refractivity contribution >= 4 is 8.38 Å². The molecule has 0 saturated carbocycles. The van der Waals surface area contributed by atoms with Crippen LogP contribution in [0.1, 0.15) is 13.3 Å². The molecule has 1 fully saturated rings. The highest BCUT2D eigenvalue weighted by Crippen LogP contribution is 2.38. The lowest BCUT2D eigenvalue weighted by molar-refractivity contribution is 0.120. The lowest BCUT2D eigenvalue weighted by atomic mass is 10.1. The van der Waals surface area contributed by atoms with Crippen LogP contribution in [0.4, 0.5) is 0 Å². The third-order valence-electron chi connectivity index (χ3n) is 1.56. The van der Waals surface area contributed by atoms with Gasteiger partial charge in [-0.3, -0.25) is 0 Å². The summed E-state index contributed by atoms with van der Waals surface area (Å²) >= 11 is 0. The summed E-state index contributed by atoms with van der Waals surface area (Å²) in [6.07, 6.45) is 1.17. The molecule has 0 aromatic rings. The van der Waals surface area contributed by atoms with Crippen LogP contribution in [-0.4, -0.2) is 19.9 Å². The third-order valence-corrected chi connectivity index (χ3v) is 2.59. The Morgan fingerprint density at radius 2 is 2.00 bits per heavy atom. The molecular formula is C6H13O2P. The molecule has 1 heterocycles. The Bertz CT molecular complexity index is 79.1. The third kappa shape index (κ3) is 2.21. The van der Waals surface area contributed by atoms with Gasteiger partial charge in [0.1, 0.15) is 0 Å². The van der Waals surface area contributed by atoms with Crippen LogP contribution in [0.3, 0.4) is 0 Å². The molecule has 9 heavy (non-hydrogen) atoms. The standard InChI is InChI=1S/C6H13O2P/c1-3-6-4-7-9(2)8-5-6/h6H,3-5H2,1-2H3. The molecule has 1 aliphatic rings. The molecule has 3 heteroatoms. The minimum atomic E-state index is -0.524. The summed E-state index contributed by atoms with van der Waals surface area (Å²) in [5, 5.41) is 0. The van der Waals surface area contributed by atoms with Crippen LogP contribution < -0.4 is 0 Å². The summed E-state index contributed by atoms with van der Waals surface area (Å²) in [6.45, 7) is 5.97. The fourth-order valence-corrected chi connectivity index (χ4v) is 1.66. The lowest BCUT2D eigenvalue weighted by Crippen LogP contribution is -2.18. The predicted octanol–water partition coefficient (Wildman–Crippen LogP) is 2.00. The highest BCUT2D eigenvalue weighted by molar-refractivity contribution is 7.46. The van der Waals surface area contributed by atoms with Crippen LogP contribution in [0.5, 0.6) is 0 Å². The van der Waals surface area contributed by atoms with E-state index < -0.39 is 8.38 Å². The van der Waals surface area contributed by atoms with Gasteiger partial charge in [0.05, 0.1) is 13.2 Å². The molecule has 1 aliphatic heterocycles. The predicted molar refractivity (Wildman–Crippen MR) is 38.5 cm³/mol. The molecular weight excluding hydrogens is 135 g/mol. The van der Waals surface area contributed by atoms with Gasteiger partial charge in [-0.05, 0) is 6.42 Å². The number of rotatable bonds is 1.